The lowest BCUT2D eigenvalue weighted by molar-refractivity contribution is -0.124. The van der Waals surface area contributed by atoms with Gasteiger partial charge in [-0.05, 0) is 51.0 Å². The highest BCUT2D eigenvalue weighted by Crippen LogP contribution is 2.22. The van der Waals surface area contributed by atoms with Gasteiger partial charge in [0.1, 0.15) is 10.7 Å². The van der Waals surface area contributed by atoms with Crippen molar-refractivity contribution >= 4 is 21.8 Å². The summed E-state index contributed by atoms with van der Waals surface area (Å²) in [5.41, 5.74) is 1.15. The van der Waals surface area contributed by atoms with Crippen LogP contribution in [-0.4, -0.2) is 48.0 Å². The minimum absolute atomic E-state index is 0.0114. The molecular formula is C19H23FN4O4S. The number of aryl methyl sites for hydroxylation is 2. The summed E-state index contributed by atoms with van der Waals surface area (Å²) < 4.78 is 41.9. The number of rotatable bonds is 4. The summed E-state index contributed by atoms with van der Waals surface area (Å²) in [5, 5.41) is 4.08. The lowest BCUT2D eigenvalue weighted by Crippen LogP contribution is -2.44. The summed E-state index contributed by atoms with van der Waals surface area (Å²) in [6.45, 7) is 3.84. The number of sulfonamides is 1. The summed E-state index contributed by atoms with van der Waals surface area (Å²) in [6.07, 6.45) is 0.693. The highest BCUT2D eigenvalue weighted by Gasteiger charge is 2.32. The van der Waals surface area contributed by atoms with Gasteiger partial charge >= 0.3 is 0 Å². The maximum atomic E-state index is 13.0. The average molecular weight is 422 g/mol. The summed E-state index contributed by atoms with van der Waals surface area (Å²) in [5.74, 6) is -1.75. The van der Waals surface area contributed by atoms with Crippen molar-refractivity contribution in [3.05, 3.63) is 47.0 Å². The molecule has 0 bridgehead atoms. The first-order valence-corrected chi connectivity index (χ1v) is 10.7. The van der Waals surface area contributed by atoms with Crippen LogP contribution < -0.4 is 4.72 Å². The van der Waals surface area contributed by atoms with Crippen LogP contribution in [0, 0.1) is 25.6 Å². The summed E-state index contributed by atoms with van der Waals surface area (Å²) >= 11 is 0. The highest BCUT2D eigenvalue weighted by atomic mass is 32.2. The minimum atomic E-state index is -4.03. The molecule has 1 aromatic carbocycles. The van der Waals surface area contributed by atoms with Crippen molar-refractivity contribution in [2.75, 3.05) is 13.1 Å². The molecule has 1 fully saturated rings. The SMILES string of the molecule is Cc1nn(C)c(C)c1S(=O)(=O)NC(=O)C1CCN(C(=O)c2ccc(F)cc2)CC1. The Balaban J connectivity index is 1.63. The fraction of sp³-hybridized carbons (Fsp3) is 0.421. The second-order valence-electron chi connectivity index (χ2n) is 7.17. The predicted molar refractivity (Wildman–Crippen MR) is 103 cm³/mol. The molecule has 0 atom stereocenters. The van der Waals surface area contributed by atoms with E-state index >= 15 is 0 Å². The Morgan fingerprint density at radius 3 is 2.24 bits per heavy atom. The molecule has 1 saturated heterocycles. The van der Waals surface area contributed by atoms with E-state index in [4.69, 9.17) is 0 Å². The molecule has 156 valence electrons. The van der Waals surface area contributed by atoms with Gasteiger partial charge in [-0.15, -0.1) is 0 Å². The molecule has 8 nitrogen and oxygen atoms in total. The fourth-order valence-corrected chi connectivity index (χ4v) is 5.01. The molecule has 2 aromatic rings. The molecule has 2 amide bonds. The third-order valence-corrected chi connectivity index (χ3v) is 6.79. The van der Waals surface area contributed by atoms with Gasteiger partial charge in [0.25, 0.3) is 15.9 Å². The number of halogens is 1. The Labute approximate surface area is 168 Å². The first-order chi connectivity index (χ1) is 13.6. The summed E-state index contributed by atoms with van der Waals surface area (Å²) in [4.78, 5) is 26.6. The molecule has 1 N–H and O–H groups in total. The van der Waals surface area contributed by atoms with Gasteiger partial charge in [-0.2, -0.15) is 5.10 Å². The van der Waals surface area contributed by atoms with Crippen LogP contribution in [0.15, 0.2) is 29.2 Å². The van der Waals surface area contributed by atoms with Crippen molar-refractivity contribution in [2.45, 2.75) is 31.6 Å². The second kappa shape index (κ2) is 7.94. The largest absolute Gasteiger partial charge is 0.339 e. The van der Waals surface area contributed by atoms with E-state index in [2.05, 4.69) is 9.82 Å². The van der Waals surface area contributed by atoms with Crippen molar-refractivity contribution < 1.29 is 22.4 Å². The Hall–Kier alpha value is -2.75. The van der Waals surface area contributed by atoms with Gasteiger partial charge in [-0.1, -0.05) is 0 Å². The van der Waals surface area contributed by atoms with Gasteiger partial charge in [0, 0.05) is 31.6 Å². The normalized spacial score (nSPS) is 15.4. The minimum Gasteiger partial charge on any atom is -0.339 e. The number of hydrogen-bond acceptors (Lipinski definition) is 5. The molecule has 10 heteroatoms. The quantitative estimate of drug-likeness (QED) is 0.805. The summed E-state index contributed by atoms with van der Waals surface area (Å²) in [6, 6.07) is 5.28. The van der Waals surface area contributed by atoms with E-state index in [-0.39, 0.29) is 10.8 Å². The molecule has 1 aliphatic heterocycles. The van der Waals surface area contributed by atoms with Crippen LogP contribution in [0.25, 0.3) is 0 Å². The predicted octanol–water partition coefficient (Wildman–Crippen LogP) is 1.53. The van der Waals surface area contributed by atoms with Gasteiger partial charge in [0.2, 0.25) is 5.91 Å². The van der Waals surface area contributed by atoms with Crippen molar-refractivity contribution in [3.63, 3.8) is 0 Å². The number of likely N-dealkylation sites (tertiary alicyclic amines) is 1. The van der Waals surface area contributed by atoms with E-state index in [1.807, 2.05) is 0 Å². The number of amides is 2. The van der Waals surface area contributed by atoms with Gasteiger partial charge in [-0.3, -0.25) is 14.3 Å². The molecular weight excluding hydrogens is 399 g/mol. The Kier molecular flexibility index (Phi) is 5.74. The zero-order valence-electron chi connectivity index (χ0n) is 16.5. The van der Waals surface area contributed by atoms with Crippen molar-refractivity contribution in [1.29, 1.82) is 0 Å². The molecule has 2 heterocycles. The van der Waals surface area contributed by atoms with E-state index < -0.39 is 27.7 Å². The summed E-state index contributed by atoms with van der Waals surface area (Å²) in [7, 11) is -2.39. The van der Waals surface area contributed by atoms with E-state index in [0.29, 0.717) is 42.9 Å². The Morgan fingerprint density at radius 2 is 1.72 bits per heavy atom. The number of piperidine rings is 1. The third kappa shape index (κ3) is 4.31. The monoisotopic (exact) mass is 422 g/mol. The van der Waals surface area contributed by atoms with Crippen LogP contribution in [0.3, 0.4) is 0 Å². The molecule has 0 spiro atoms. The lowest BCUT2D eigenvalue weighted by Gasteiger charge is -2.31. The highest BCUT2D eigenvalue weighted by molar-refractivity contribution is 7.90. The number of benzene rings is 1. The standard InChI is InChI=1S/C19H23FN4O4S/c1-12-17(13(2)23(3)21-12)29(27,28)22-18(25)14-8-10-24(11-9-14)19(26)15-4-6-16(20)7-5-15/h4-7,14H,8-11H2,1-3H3,(H,22,25). The van der Waals surface area contributed by atoms with E-state index in [0.717, 1.165) is 0 Å². The molecule has 0 saturated carbocycles. The fourth-order valence-electron chi connectivity index (χ4n) is 3.53. The number of hydrogen-bond donors (Lipinski definition) is 1. The van der Waals surface area contributed by atoms with Crippen LogP contribution in [0.1, 0.15) is 34.6 Å². The number of aromatic nitrogens is 2. The number of carbonyl (C=O) groups is 2. The second-order valence-corrected chi connectivity index (χ2v) is 8.79. The first kappa shape index (κ1) is 21.0. The topological polar surface area (TPSA) is 101 Å². The van der Waals surface area contributed by atoms with Gasteiger partial charge < -0.3 is 4.90 Å². The maximum Gasteiger partial charge on any atom is 0.267 e. The average Bonchev–Trinajstić information content (AvgIpc) is 2.94. The number of nitrogens with one attached hydrogen (secondary N) is 1. The zero-order valence-corrected chi connectivity index (χ0v) is 17.3. The van der Waals surface area contributed by atoms with Crippen LogP contribution in [0.2, 0.25) is 0 Å². The van der Waals surface area contributed by atoms with Crippen molar-refractivity contribution in [2.24, 2.45) is 13.0 Å². The number of carbonyl (C=O) groups excluding carboxylic acids is 2. The molecule has 1 aromatic heterocycles. The van der Waals surface area contributed by atoms with Crippen molar-refractivity contribution in [1.82, 2.24) is 19.4 Å². The van der Waals surface area contributed by atoms with E-state index in [9.17, 15) is 22.4 Å². The molecule has 0 unspecified atom stereocenters. The molecule has 3 rings (SSSR count). The Bertz CT molecular complexity index is 1040. The van der Waals surface area contributed by atoms with Crippen LogP contribution in [-0.2, 0) is 21.9 Å². The Morgan fingerprint density at radius 1 is 1.14 bits per heavy atom. The van der Waals surface area contributed by atoms with E-state index in [1.54, 1.807) is 25.8 Å². The molecule has 0 radical (unpaired) electrons. The van der Waals surface area contributed by atoms with Crippen LogP contribution in [0.5, 0.6) is 0 Å². The maximum absolute atomic E-state index is 13.0. The van der Waals surface area contributed by atoms with Crippen molar-refractivity contribution in [3.8, 4) is 0 Å². The first-order valence-electron chi connectivity index (χ1n) is 9.22. The molecule has 0 aliphatic carbocycles. The van der Waals surface area contributed by atoms with Gasteiger partial charge in [-0.25, -0.2) is 17.5 Å². The molecule has 29 heavy (non-hydrogen) atoms. The molecule has 1 aliphatic rings. The third-order valence-electron chi connectivity index (χ3n) is 5.19. The van der Waals surface area contributed by atoms with Gasteiger partial charge in [0.05, 0.1) is 11.4 Å². The zero-order chi connectivity index (χ0) is 21.3. The van der Waals surface area contributed by atoms with Crippen LogP contribution >= 0.6 is 0 Å². The number of nitrogens with zero attached hydrogens (tertiary/aromatic N) is 3. The van der Waals surface area contributed by atoms with Gasteiger partial charge in [0.15, 0.2) is 0 Å². The van der Waals surface area contributed by atoms with E-state index in [1.165, 1.54) is 28.9 Å². The van der Waals surface area contributed by atoms with Crippen LogP contribution in [0.4, 0.5) is 4.39 Å². The smallest absolute Gasteiger partial charge is 0.267 e. The lowest BCUT2D eigenvalue weighted by atomic mass is 9.96.